The number of nitrogens with one attached hydrogen (secondary N) is 2. The Kier molecular flexibility index (Phi) is 4.70. The Labute approximate surface area is 158 Å². The van der Waals surface area contributed by atoms with Crippen LogP contribution in [0, 0.1) is 11.3 Å². The average Bonchev–Trinajstić information content (AvgIpc) is 3.30. The maximum absolute atomic E-state index is 12.7. The van der Waals surface area contributed by atoms with Crippen molar-refractivity contribution in [3.05, 3.63) is 29.3 Å². The summed E-state index contributed by atoms with van der Waals surface area (Å²) in [5.41, 5.74) is 2.14. The first-order valence-corrected chi connectivity index (χ1v) is 9.46. The van der Waals surface area contributed by atoms with Crippen LogP contribution in [0.25, 0.3) is 0 Å². The minimum atomic E-state index is -0.682. The predicted molar refractivity (Wildman–Crippen MR) is 98.5 cm³/mol. The van der Waals surface area contributed by atoms with E-state index >= 15 is 0 Å². The highest BCUT2D eigenvalue weighted by Crippen LogP contribution is 2.44. The second-order valence-electron chi connectivity index (χ2n) is 8.17. The molecule has 3 aliphatic heterocycles. The number of fused-ring (bicyclic) bond motifs is 1. The Morgan fingerprint density at radius 2 is 2.07 bits per heavy atom. The topological polar surface area (TPSA) is 85.9 Å². The van der Waals surface area contributed by atoms with Gasteiger partial charge in [-0.15, -0.1) is 0 Å². The van der Waals surface area contributed by atoms with E-state index in [4.69, 9.17) is 14.2 Å². The Morgan fingerprint density at radius 1 is 1.30 bits per heavy atom. The van der Waals surface area contributed by atoms with Crippen LogP contribution < -0.4 is 10.6 Å². The second-order valence-corrected chi connectivity index (χ2v) is 8.17. The Morgan fingerprint density at radius 3 is 2.85 bits per heavy atom. The summed E-state index contributed by atoms with van der Waals surface area (Å²) in [5.74, 6) is -0.737. The highest BCUT2D eigenvalue weighted by molar-refractivity contribution is 5.97. The van der Waals surface area contributed by atoms with Crippen molar-refractivity contribution in [2.45, 2.75) is 32.5 Å². The van der Waals surface area contributed by atoms with Gasteiger partial charge in [-0.05, 0) is 35.6 Å². The first-order valence-electron chi connectivity index (χ1n) is 9.46. The van der Waals surface area contributed by atoms with Gasteiger partial charge in [-0.25, -0.2) is 0 Å². The summed E-state index contributed by atoms with van der Waals surface area (Å²) in [4.78, 5) is 24.1. The molecule has 0 bridgehead atoms. The van der Waals surface area contributed by atoms with E-state index in [1.165, 1.54) is 0 Å². The van der Waals surface area contributed by atoms with Gasteiger partial charge in [0.05, 0.1) is 19.8 Å². The minimum absolute atomic E-state index is 0.0190. The van der Waals surface area contributed by atoms with E-state index in [0.717, 1.165) is 11.3 Å². The Balaban J connectivity index is 1.42. The van der Waals surface area contributed by atoms with Crippen molar-refractivity contribution in [2.24, 2.45) is 11.3 Å². The Hall–Kier alpha value is -1.96. The van der Waals surface area contributed by atoms with Crippen molar-refractivity contribution in [3.8, 4) is 0 Å². The van der Waals surface area contributed by atoms with Gasteiger partial charge in [-0.1, -0.05) is 13.8 Å². The van der Waals surface area contributed by atoms with Gasteiger partial charge in [0.25, 0.3) is 5.91 Å². The molecule has 27 heavy (non-hydrogen) atoms. The first kappa shape index (κ1) is 18.4. The molecule has 1 aromatic carbocycles. The van der Waals surface area contributed by atoms with E-state index < -0.39 is 5.79 Å². The van der Waals surface area contributed by atoms with Gasteiger partial charge in [0, 0.05) is 30.1 Å². The largest absolute Gasteiger partial charge is 0.375 e. The number of rotatable bonds is 4. The lowest BCUT2D eigenvalue weighted by Crippen LogP contribution is -2.50. The van der Waals surface area contributed by atoms with Crippen molar-refractivity contribution < 1.29 is 23.8 Å². The van der Waals surface area contributed by atoms with Gasteiger partial charge >= 0.3 is 0 Å². The quantitative estimate of drug-likeness (QED) is 0.838. The third-order valence-corrected chi connectivity index (χ3v) is 5.81. The van der Waals surface area contributed by atoms with E-state index in [0.29, 0.717) is 51.4 Å². The molecule has 1 spiro atoms. The van der Waals surface area contributed by atoms with Gasteiger partial charge in [-0.3, -0.25) is 9.59 Å². The van der Waals surface area contributed by atoms with E-state index in [-0.39, 0.29) is 23.1 Å². The molecule has 0 radical (unpaired) electrons. The number of benzene rings is 1. The molecule has 2 fully saturated rings. The molecular weight excluding hydrogens is 348 g/mol. The number of aryl methyl sites for hydroxylation is 1. The maximum Gasteiger partial charge on any atom is 0.251 e. The molecule has 7 heteroatoms. The van der Waals surface area contributed by atoms with Crippen molar-refractivity contribution in [2.75, 3.05) is 38.3 Å². The van der Waals surface area contributed by atoms with Crippen LogP contribution >= 0.6 is 0 Å². The molecule has 4 rings (SSSR count). The van der Waals surface area contributed by atoms with Crippen LogP contribution in [0.5, 0.6) is 0 Å². The second kappa shape index (κ2) is 6.89. The molecule has 0 aromatic heterocycles. The zero-order valence-corrected chi connectivity index (χ0v) is 15.8. The van der Waals surface area contributed by atoms with Crippen LogP contribution in [-0.4, -0.2) is 50.6 Å². The smallest absolute Gasteiger partial charge is 0.251 e. The van der Waals surface area contributed by atoms with Gasteiger partial charge < -0.3 is 24.8 Å². The monoisotopic (exact) mass is 374 g/mol. The highest BCUT2D eigenvalue weighted by atomic mass is 16.8. The number of hydrogen-bond acceptors (Lipinski definition) is 5. The molecular formula is C20H26N2O5. The average molecular weight is 374 g/mol. The maximum atomic E-state index is 12.7. The van der Waals surface area contributed by atoms with Crippen molar-refractivity contribution in [3.63, 3.8) is 0 Å². The van der Waals surface area contributed by atoms with Crippen molar-refractivity contribution in [1.29, 1.82) is 0 Å². The summed E-state index contributed by atoms with van der Waals surface area (Å²) in [7, 11) is 0. The number of hydrogen-bond donors (Lipinski definition) is 2. The molecule has 7 nitrogen and oxygen atoms in total. The normalized spacial score (nSPS) is 23.9. The summed E-state index contributed by atoms with van der Waals surface area (Å²) in [6.45, 7) is 6.83. The molecule has 3 heterocycles. The van der Waals surface area contributed by atoms with Crippen LogP contribution in [0.15, 0.2) is 18.2 Å². The lowest BCUT2D eigenvalue weighted by atomic mass is 9.75. The fourth-order valence-electron chi connectivity index (χ4n) is 4.18. The SMILES string of the molecule is CC(C)(CNC(=O)c1ccc2c(c1)CCC(=O)N2)C1COCC12OCCO2. The zero-order chi connectivity index (χ0) is 19.1. The molecule has 1 atom stereocenters. The van der Waals surface area contributed by atoms with E-state index in [9.17, 15) is 9.59 Å². The van der Waals surface area contributed by atoms with E-state index in [1.807, 2.05) is 6.07 Å². The molecule has 0 saturated carbocycles. The molecule has 1 aromatic rings. The third-order valence-electron chi connectivity index (χ3n) is 5.81. The van der Waals surface area contributed by atoms with E-state index in [2.05, 4.69) is 24.5 Å². The molecule has 0 aliphatic carbocycles. The number of carbonyl (C=O) groups is 2. The minimum Gasteiger partial charge on any atom is -0.375 e. The van der Waals surface area contributed by atoms with Crippen LogP contribution in [0.2, 0.25) is 0 Å². The molecule has 2 N–H and O–H groups in total. The number of amides is 2. The van der Waals surface area contributed by atoms with Gasteiger partial charge in [0.2, 0.25) is 5.91 Å². The molecule has 1 unspecified atom stereocenters. The number of carbonyl (C=O) groups excluding carboxylic acids is 2. The first-order chi connectivity index (χ1) is 12.9. The summed E-state index contributed by atoms with van der Waals surface area (Å²) in [6.07, 6.45) is 1.11. The summed E-state index contributed by atoms with van der Waals surface area (Å²) in [6, 6.07) is 5.41. The van der Waals surface area contributed by atoms with Gasteiger partial charge in [0.15, 0.2) is 5.79 Å². The van der Waals surface area contributed by atoms with Crippen LogP contribution in [-0.2, 0) is 25.4 Å². The molecule has 146 valence electrons. The third kappa shape index (κ3) is 3.47. The number of anilines is 1. The van der Waals surface area contributed by atoms with Gasteiger partial charge in [0.1, 0.15) is 6.61 Å². The highest BCUT2D eigenvalue weighted by Gasteiger charge is 2.55. The fraction of sp³-hybridized carbons (Fsp3) is 0.600. The van der Waals surface area contributed by atoms with Crippen molar-refractivity contribution >= 4 is 17.5 Å². The molecule has 2 amide bonds. The zero-order valence-electron chi connectivity index (χ0n) is 15.8. The predicted octanol–water partition coefficient (Wildman–Crippen LogP) is 1.72. The van der Waals surface area contributed by atoms with Crippen LogP contribution in [0.1, 0.15) is 36.2 Å². The van der Waals surface area contributed by atoms with Crippen LogP contribution in [0.4, 0.5) is 5.69 Å². The molecule has 3 aliphatic rings. The number of ether oxygens (including phenoxy) is 3. The van der Waals surface area contributed by atoms with Crippen molar-refractivity contribution in [1.82, 2.24) is 5.32 Å². The van der Waals surface area contributed by atoms with Crippen LogP contribution in [0.3, 0.4) is 0 Å². The fourth-order valence-corrected chi connectivity index (χ4v) is 4.18. The van der Waals surface area contributed by atoms with Gasteiger partial charge in [-0.2, -0.15) is 0 Å². The summed E-state index contributed by atoms with van der Waals surface area (Å²) < 4.78 is 17.4. The van der Waals surface area contributed by atoms with E-state index in [1.54, 1.807) is 12.1 Å². The summed E-state index contributed by atoms with van der Waals surface area (Å²) in [5, 5.41) is 5.88. The molecule has 2 saturated heterocycles. The summed E-state index contributed by atoms with van der Waals surface area (Å²) >= 11 is 0. The Bertz CT molecular complexity index is 749. The lowest BCUT2D eigenvalue weighted by molar-refractivity contribution is -0.197. The standard InChI is InChI=1S/C20H26N2O5/c1-19(2,16-10-25-12-20(16)26-7-8-27-20)11-21-18(24)14-3-5-15-13(9-14)4-6-17(23)22-15/h3,5,9,16H,4,6-8,10-12H2,1-2H3,(H,21,24)(H,22,23). The lowest BCUT2D eigenvalue weighted by Gasteiger charge is -2.38.